The monoisotopic (exact) mass is 429 g/mol. The second-order valence-corrected chi connectivity index (χ2v) is 10.3. The van der Waals surface area contributed by atoms with Gasteiger partial charge in [-0.2, -0.15) is 0 Å². The lowest BCUT2D eigenvalue weighted by molar-refractivity contribution is 0.0940. The highest BCUT2D eigenvalue weighted by atomic mass is 32.2. The highest BCUT2D eigenvalue weighted by molar-refractivity contribution is 7.92. The maximum absolute atomic E-state index is 12.7. The Morgan fingerprint density at radius 2 is 1.90 bits per heavy atom. The molecule has 1 fully saturated rings. The average Bonchev–Trinajstić information content (AvgIpc) is 2.72. The molecule has 2 unspecified atom stereocenters. The van der Waals surface area contributed by atoms with Crippen molar-refractivity contribution in [2.45, 2.75) is 32.7 Å². The molecule has 2 atom stereocenters. The normalized spacial score (nSPS) is 18.0. The fraction of sp³-hybridized carbons (Fsp3) is 0.435. The Hall–Kier alpha value is -2.54. The van der Waals surface area contributed by atoms with Crippen molar-refractivity contribution in [3.8, 4) is 0 Å². The lowest BCUT2D eigenvalue weighted by Gasteiger charge is -2.33. The minimum Gasteiger partial charge on any atom is -0.371 e. The number of nitrogens with zero attached hydrogens (tertiary/aromatic N) is 2. The van der Waals surface area contributed by atoms with Crippen LogP contribution in [-0.4, -0.2) is 40.7 Å². The number of hydrogen-bond acceptors (Lipinski definition) is 4. The Balaban J connectivity index is 1.67. The third kappa shape index (κ3) is 5.33. The van der Waals surface area contributed by atoms with E-state index in [1.165, 1.54) is 25.6 Å². The smallest absolute Gasteiger partial charge is 0.251 e. The molecule has 0 spiro atoms. The van der Waals surface area contributed by atoms with E-state index in [9.17, 15) is 13.2 Å². The number of sulfonamides is 1. The minimum absolute atomic E-state index is 0.164. The van der Waals surface area contributed by atoms with Gasteiger partial charge in [0.1, 0.15) is 0 Å². The summed E-state index contributed by atoms with van der Waals surface area (Å²) in [6.45, 7) is 6.42. The quantitative estimate of drug-likeness (QED) is 0.758. The molecule has 162 valence electrons. The maximum atomic E-state index is 12.7. The molecule has 1 amide bonds. The van der Waals surface area contributed by atoms with Gasteiger partial charge in [0.25, 0.3) is 5.91 Å². The highest BCUT2D eigenvalue weighted by Gasteiger charge is 2.18. The Kier molecular flexibility index (Phi) is 6.71. The van der Waals surface area contributed by atoms with E-state index in [-0.39, 0.29) is 11.9 Å². The maximum Gasteiger partial charge on any atom is 0.251 e. The largest absolute Gasteiger partial charge is 0.371 e. The summed E-state index contributed by atoms with van der Waals surface area (Å²) >= 11 is 0. The number of benzene rings is 2. The van der Waals surface area contributed by atoms with Crippen LogP contribution in [0.2, 0.25) is 0 Å². The molecule has 3 rings (SSSR count). The number of carbonyl (C=O) groups is 1. The number of hydrogen-bond donors (Lipinski definition) is 1. The van der Waals surface area contributed by atoms with Crippen molar-refractivity contribution in [3.63, 3.8) is 0 Å². The van der Waals surface area contributed by atoms with Gasteiger partial charge < -0.3 is 10.2 Å². The predicted molar refractivity (Wildman–Crippen MR) is 123 cm³/mol. The number of anilines is 2. The van der Waals surface area contributed by atoms with E-state index < -0.39 is 10.0 Å². The molecular formula is C23H31N3O3S. The molecule has 0 bridgehead atoms. The van der Waals surface area contributed by atoms with E-state index in [2.05, 4.69) is 41.4 Å². The van der Waals surface area contributed by atoms with Crippen LogP contribution < -0.4 is 14.5 Å². The summed E-state index contributed by atoms with van der Waals surface area (Å²) in [6.07, 6.45) is 3.65. The van der Waals surface area contributed by atoms with Crippen LogP contribution in [0.3, 0.4) is 0 Å². The number of amides is 1. The van der Waals surface area contributed by atoms with Crippen molar-refractivity contribution >= 4 is 27.3 Å². The lowest BCUT2D eigenvalue weighted by atomic mass is 9.99. The molecule has 1 saturated heterocycles. The molecule has 0 aromatic heterocycles. The average molecular weight is 430 g/mol. The Labute approximate surface area is 179 Å². The standard InChI is InChI=1S/C23H31N3O3S/c1-17-7-6-14-26(16-17)21-12-10-19(11-13-21)18(2)24-23(27)20-8-5-9-22(15-20)25(3)30(4,28)29/h5,8-13,15,17-18H,6-7,14,16H2,1-4H3,(H,24,27). The second kappa shape index (κ2) is 9.08. The zero-order chi connectivity index (χ0) is 21.9. The van der Waals surface area contributed by atoms with Gasteiger partial charge in [0.2, 0.25) is 10.0 Å². The van der Waals surface area contributed by atoms with Crippen LogP contribution in [0, 0.1) is 5.92 Å². The van der Waals surface area contributed by atoms with Gasteiger partial charge in [0.15, 0.2) is 0 Å². The summed E-state index contributed by atoms with van der Waals surface area (Å²) in [5.74, 6) is 0.481. The van der Waals surface area contributed by atoms with Crippen molar-refractivity contribution in [2.75, 3.05) is 35.6 Å². The molecule has 7 heteroatoms. The molecule has 2 aromatic carbocycles. The van der Waals surface area contributed by atoms with E-state index in [1.54, 1.807) is 24.3 Å². The molecule has 0 saturated carbocycles. The summed E-state index contributed by atoms with van der Waals surface area (Å²) in [6, 6.07) is 14.8. The topological polar surface area (TPSA) is 69.7 Å². The molecule has 1 N–H and O–H groups in total. The van der Waals surface area contributed by atoms with Crippen molar-refractivity contribution in [1.29, 1.82) is 0 Å². The van der Waals surface area contributed by atoms with Crippen LogP contribution in [0.5, 0.6) is 0 Å². The van der Waals surface area contributed by atoms with Crippen LogP contribution in [0.1, 0.15) is 48.7 Å². The van der Waals surface area contributed by atoms with E-state index in [1.807, 2.05) is 6.92 Å². The zero-order valence-electron chi connectivity index (χ0n) is 18.1. The summed E-state index contributed by atoms with van der Waals surface area (Å²) in [7, 11) is -1.91. The Morgan fingerprint density at radius 3 is 2.53 bits per heavy atom. The first-order valence-corrected chi connectivity index (χ1v) is 12.2. The van der Waals surface area contributed by atoms with Gasteiger partial charge in [-0.3, -0.25) is 9.10 Å². The molecule has 0 radical (unpaired) electrons. The van der Waals surface area contributed by atoms with Gasteiger partial charge in [0.05, 0.1) is 18.0 Å². The zero-order valence-corrected chi connectivity index (χ0v) is 18.9. The summed E-state index contributed by atoms with van der Waals surface area (Å²) in [4.78, 5) is 15.1. The molecule has 1 heterocycles. The molecule has 0 aliphatic carbocycles. The highest BCUT2D eigenvalue weighted by Crippen LogP contribution is 2.25. The number of rotatable bonds is 6. The molecule has 1 aliphatic rings. The van der Waals surface area contributed by atoms with E-state index in [4.69, 9.17) is 0 Å². The fourth-order valence-electron chi connectivity index (χ4n) is 3.80. The lowest BCUT2D eigenvalue weighted by Crippen LogP contribution is -2.34. The van der Waals surface area contributed by atoms with Gasteiger partial charge in [0, 0.05) is 31.4 Å². The van der Waals surface area contributed by atoms with Gasteiger partial charge >= 0.3 is 0 Å². The van der Waals surface area contributed by atoms with Gasteiger partial charge in [-0.05, 0) is 61.6 Å². The third-order valence-electron chi connectivity index (χ3n) is 5.73. The molecule has 2 aromatic rings. The SMILES string of the molecule is CC1CCCN(c2ccc(C(C)NC(=O)c3cccc(N(C)S(C)(=O)=O)c3)cc2)C1. The van der Waals surface area contributed by atoms with Crippen molar-refractivity contribution in [2.24, 2.45) is 5.92 Å². The van der Waals surface area contributed by atoms with E-state index in [0.717, 1.165) is 29.2 Å². The minimum atomic E-state index is -3.38. The first-order valence-electron chi connectivity index (χ1n) is 10.3. The van der Waals surface area contributed by atoms with Gasteiger partial charge in [-0.1, -0.05) is 25.1 Å². The van der Waals surface area contributed by atoms with E-state index >= 15 is 0 Å². The second-order valence-electron chi connectivity index (χ2n) is 8.26. The molecule has 6 nitrogen and oxygen atoms in total. The van der Waals surface area contributed by atoms with Crippen molar-refractivity contribution in [1.82, 2.24) is 5.32 Å². The first kappa shape index (κ1) is 22.2. The molecule has 30 heavy (non-hydrogen) atoms. The van der Waals surface area contributed by atoms with Crippen LogP contribution in [0.15, 0.2) is 48.5 Å². The third-order valence-corrected chi connectivity index (χ3v) is 6.94. The van der Waals surface area contributed by atoms with Crippen molar-refractivity contribution < 1.29 is 13.2 Å². The number of carbonyl (C=O) groups excluding carboxylic acids is 1. The molecular weight excluding hydrogens is 398 g/mol. The summed E-state index contributed by atoms with van der Waals surface area (Å²) < 4.78 is 24.7. The van der Waals surface area contributed by atoms with Crippen LogP contribution >= 0.6 is 0 Å². The summed E-state index contributed by atoms with van der Waals surface area (Å²) in [5.41, 5.74) is 3.13. The van der Waals surface area contributed by atoms with Crippen molar-refractivity contribution in [3.05, 3.63) is 59.7 Å². The Morgan fingerprint density at radius 1 is 1.20 bits per heavy atom. The van der Waals surface area contributed by atoms with Gasteiger partial charge in [-0.15, -0.1) is 0 Å². The number of piperidine rings is 1. The fourth-order valence-corrected chi connectivity index (χ4v) is 4.29. The van der Waals surface area contributed by atoms with Crippen LogP contribution in [0.4, 0.5) is 11.4 Å². The predicted octanol–water partition coefficient (Wildman–Crippen LogP) is 3.81. The number of nitrogens with one attached hydrogen (secondary N) is 1. The molecule has 1 aliphatic heterocycles. The van der Waals surface area contributed by atoms with E-state index in [0.29, 0.717) is 17.2 Å². The van der Waals surface area contributed by atoms with Crippen LogP contribution in [0.25, 0.3) is 0 Å². The first-order chi connectivity index (χ1) is 14.1. The van der Waals surface area contributed by atoms with Crippen LogP contribution in [-0.2, 0) is 10.0 Å². The van der Waals surface area contributed by atoms with Gasteiger partial charge in [-0.25, -0.2) is 8.42 Å². The summed E-state index contributed by atoms with van der Waals surface area (Å²) in [5, 5.41) is 3.00. The Bertz CT molecular complexity index is 989.